The highest BCUT2D eigenvalue weighted by Gasteiger charge is 2.27. The number of thiophene rings is 1. The predicted molar refractivity (Wildman–Crippen MR) is 85.6 cm³/mol. The maximum Gasteiger partial charge on any atom is 0.264 e. The second-order valence-corrected chi connectivity index (χ2v) is 9.34. The van der Waals surface area contributed by atoms with Gasteiger partial charge in [0.15, 0.2) is 9.84 Å². The summed E-state index contributed by atoms with van der Waals surface area (Å²) in [6.45, 7) is 7.35. The Morgan fingerprint density at radius 3 is 2.48 bits per heavy atom. The van der Waals surface area contributed by atoms with Crippen molar-refractivity contribution < 1.29 is 13.2 Å². The van der Waals surface area contributed by atoms with Crippen molar-refractivity contribution in [1.29, 1.82) is 0 Å². The van der Waals surface area contributed by atoms with Gasteiger partial charge in [0.25, 0.3) is 5.91 Å². The lowest BCUT2D eigenvalue weighted by atomic mass is 10.1. The van der Waals surface area contributed by atoms with Crippen LogP contribution in [0.2, 0.25) is 0 Å². The largest absolute Gasteiger partial charge is 0.335 e. The number of carbonyl (C=O) groups is 1. The summed E-state index contributed by atoms with van der Waals surface area (Å²) in [4.78, 5) is 16.0. The third kappa shape index (κ3) is 4.28. The summed E-state index contributed by atoms with van der Waals surface area (Å²) >= 11 is 1.38. The lowest BCUT2D eigenvalue weighted by Crippen LogP contribution is -2.55. The summed E-state index contributed by atoms with van der Waals surface area (Å²) in [6.07, 6.45) is 1.21. The topological polar surface area (TPSA) is 66.5 Å². The van der Waals surface area contributed by atoms with Gasteiger partial charge in [0.05, 0.1) is 10.6 Å². The number of hydrogen-bond acceptors (Lipinski definition) is 5. The van der Waals surface area contributed by atoms with E-state index in [-0.39, 0.29) is 23.7 Å². The van der Waals surface area contributed by atoms with Gasteiger partial charge in [-0.3, -0.25) is 4.79 Å². The van der Waals surface area contributed by atoms with E-state index in [1.54, 1.807) is 6.07 Å². The first-order chi connectivity index (χ1) is 9.65. The molecule has 2 rings (SSSR count). The molecule has 1 aliphatic rings. The van der Waals surface area contributed by atoms with Gasteiger partial charge >= 0.3 is 0 Å². The fourth-order valence-corrected chi connectivity index (χ4v) is 4.67. The molecule has 1 saturated heterocycles. The monoisotopic (exact) mass is 330 g/mol. The number of piperazine rings is 1. The first kappa shape index (κ1) is 16.5. The minimum atomic E-state index is -3.08. The molecular formula is C14H22N2O3S2. The van der Waals surface area contributed by atoms with E-state index in [1.165, 1.54) is 17.6 Å². The fraction of sp³-hybridized carbons (Fsp3) is 0.643. The van der Waals surface area contributed by atoms with E-state index in [9.17, 15) is 13.2 Å². The number of nitrogens with zero attached hydrogens (tertiary/aromatic N) is 1. The van der Waals surface area contributed by atoms with Crippen LogP contribution in [0.15, 0.2) is 6.07 Å². The zero-order valence-electron chi connectivity index (χ0n) is 12.8. The number of aryl methyl sites for hydroxylation is 1. The molecule has 1 amide bonds. The molecule has 1 aromatic rings. The van der Waals surface area contributed by atoms with Crippen molar-refractivity contribution in [3.05, 3.63) is 21.4 Å². The maximum absolute atomic E-state index is 12.6. The van der Waals surface area contributed by atoms with Crippen molar-refractivity contribution in [3.8, 4) is 0 Å². The molecule has 21 heavy (non-hydrogen) atoms. The number of nitrogens with one attached hydrogen (secondary N) is 1. The van der Waals surface area contributed by atoms with Crippen LogP contribution in [-0.4, -0.2) is 50.7 Å². The summed E-state index contributed by atoms with van der Waals surface area (Å²) in [7, 11) is -3.08. The van der Waals surface area contributed by atoms with E-state index in [2.05, 4.69) is 19.2 Å². The summed E-state index contributed by atoms with van der Waals surface area (Å²) in [6, 6.07) is 2.28. The lowest BCUT2D eigenvalue weighted by Gasteiger charge is -2.35. The van der Waals surface area contributed by atoms with Crippen LogP contribution in [0.25, 0.3) is 0 Å². The molecule has 0 saturated carbocycles. The van der Waals surface area contributed by atoms with Crippen LogP contribution in [-0.2, 0) is 15.6 Å². The molecule has 0 radical (unpaired) electrons. The second-order valence-electron chi connectivity index (χ2n) is 5.94. The van der Waals surface area contributed by atoms with E-state index < -0.39 is 9.84 Å². The number of amides is 1. The molecule has 7 heteroatoms. The molecule has 2 atom stereocenters. The molecular weight excluding hydrogens is 308 g/mol. The van der Waals surface area contributed by atoms with Gasteiger partial charge < -0.3 is 10.2 Å². The minimum Gasteiger partial charge on any atom is -0.335 e. The van der Waals surface area contributed by atoms with Gasteiger partial charge in [-0.25, -0.2) is 8.42 Å². The van der Waals surface area contributed by atoms with E-state index in [1.807, 2.05) is 11.8 Å². The molecule has 5 nitrogen and oxygen atoms in total. The molecule has 1 fully saturated rings. The first-order valence-corrected chi connectivity index (χ1v) is 9.86. The Bertz CT molecular complexity index is 627. The van der Waals surface area contributed by atoms with E-state index in [4.69, 9.17) is 0 Å². The van der Waals surface area contributed by atoms with Crippen molar-refractivity contribution in [2.24, 2.45) is 0 Å². The standard InChI is InChI=1S/C14H22N2O3S2/c1-9-6-16(7-10(2)15-9)14(17)13-5-12(11(3)20-13)8-21(4,18)19/h5,9-10,15H,6-8H2,1-4H3/t9-,10-/m0/s1. The van der Waals surface area contributed by atoms with Crippen LogP contribution >= 0.6 is 11.3 Å². The van der Waals surface area contributed by atoms with Gasteiger partial charge in [-0.2, -0.15) is 0 Å². The average Bonchev–Trinajstić information content (AvgIpc) is 2.66. The number of sulfone groups is 1. The quantitative estimate of drug-likeness (QED) is 0.910. The van der Waals surface area contributed by atoms with Gasteiger partial charge in [-0.05, 0) is 32.4 Å². The minimum absolute atomic E-state index is 0.00283. The Morgan fingerprint density at radius 1 is 1.38 bits per heavy atom. The Balaban J connectivity index is 2.18. The van der Waals surface area contributed by atoms with E-state index in [0.29, 0.717) is 18.0 Å². The molecule has 0 aliphatic carbocycles. The Morgan fingerprint density at radius 2 is 1.95 bits per heavy atom. The van der Waals surface area contributed by atoms with Crippen molar-refractivity contribution in [2.75, 3.05) is 19.3 Å². The van der Waals surface area contributed by atoms with Crippen LogP contribution in [0.3, 0.4) is 0 Å². The third-order valence-electron chi connectivity index (χ3n) is 3.49. The average molecular weight is 330 g/mol. The van der Waals surface area contributed by atoms with Crippen molar-refractivity contribution in [1.82, 2.24) is 10.2 Å². The van der Waals surface area contributed by atoms with Crippen LogP contribution in [0.1, 0.15) is 34.0 Å². The second kappa shape index (κ2) is 6.06. The smallest absolute Gasteiger partial charge is 0.264 e. The van der Waals surface area contributed by atoms with Crippen molar-refractivity contribution in [2.45, 2.75) is 38.6 Å². The zero-order valence-corrected chi connectivity index (χ0v) is 14.5. The highest BCUT2D eigenvalue weighted by Crippen LogP contribution is 2.25. The predicted octanol–water partition coefficient (Wildman–Crippen LogP) is 1.42. The molecule has 0 spiro atoms. The molecule has 0 aromatic carbocycles. The number of hydrogen-bond donors (Lipinski definition) is 1. The third-order valence-corrected chi connectivity index (χ3v) is 5.41. The van der Waals surface area contributed by atoms with Gasteiger partial charge in [-0.1, -0.05) is 0 Å². The van der Waals surface area contributed by atoms with Crippen LogP contribution < -0.4 is 5.32 Å². The maximum atomic E-state index is 12.6. The van der Waals surface area contributed by atoms with Gasteiger partial charge in [0.2, 0.25) is 0 Å². The van der Waals surface area contributed by atoms with Crippen LogP contribution in [0.4, 0.5) is 0 Å². The van der Waals surface area contributed by atoms with Crippen molar-refractivity contribution >= 4 is 27.1 Å². The Hall–Kier alpha value is -0.920. The van der Waals surface area contributed by atoms with Gasteiger partial charge in [0, 0.05) is 36.3 Å². The molecule has 118 valence electrons. The molecule has 0 bridgehead atoms. The number of carbonyl (C=O) groups excluding carboxylic acids is 1. The molecule has 0 unspecified atom stereocenters. The highest BCUT2D eigenvalue weighted by atomic mass is 32.2. The number of rotatable bonds is 3. The Labute approximate surface area is 130 Å². The normalized spacial score (nSPS) is 23.3. The van der Waals surface area contributed by atoms with Crippen molar-refractivity contribution in [3.63, 3.8) is 0 Å². The lowest BCUT2D eigenvalue weighted by molar-refractivity contribution is 0.0678. The van der Waals surface area contributed by atoms with Crippen LogP contribution in [0.5, 0.6) is 0 Å². The zero-order chi connectivity index (χ0) is 15.8. The van der Waals surface area contributed by atoms with E-state index >= 15 is 0 Å². The molecule has 2 heterocycles. The first-order valence-electron chi connectivity index (χ1n) is 6.98. The fourth-order valence-electron chi connectivity index (χ4n) is 2.70. The molecule has 1 aromatic heterocycles. The van der Waals surface area contributed by atoms with Gasteiger partial charge in [-0.15, -0.1) is 11.3 Å². The summed E-state index contributed by atoms with van der Waals surface area (Å²) < 4.78 is 22.8. The summed E-state index contributed by atoms with van der Waals surface area (Å²) in [5, 5.41) is 3.39. The molecule has 1 N–H and O–H groups in total. The molecule has 1 aliphatic heterocycles. The summed E-state index contributed by atoms with van der Waals surface area (Å²) in [5.41, 5.74) is 0.738. The van der Waals surface area contributed by atoms with Crippen LogP contribution in [0, 0.1) is 6.92 Å². The Kier molecular flexibility index (Phi) is 4.75. The van der Waals surface area contributed by atoms with Gasteiger partial charge in [0.1, 0.15) is 0 Å². The highest BCUT2D eigenvalue weighted by molar-refractivity contribution is 7.89. The summed E-state index contributed by atoms with van der Waals surface area (Å²) in [5.74, 6) is -0.000177. The SMILES string of the molecule is Cc1sc(C(=O)N2C[C@H](C)N[C@@H](C)C2)cc1CS(C)(=O)=O. The van der Waals surface area contributed by atoms with E-state index in [0.717, 1.165) is 10.4 Å².